The standard InChI is InChI=1S/C25H27N3O3/c26-14-15-27-25(31)22(16-18-8-3-1-4-9-18)28-24(30)21-13-7-12-20(17-21)23(29)19-10-5-2-6-11-19/h2,5-7,10-13,17-18,22H,1,3-4,8-9,15-16H2,(H,27,31)(H,28,30)/t22-/m0/s1. The lowest BCUT2D eigenvalue weighted by atomic mass is 9.84. The van der Waals surface area contributed by atoms with Gasteiger partial charge in [-0.1, -0.05) is 74.6 Å². The molecule has 6 nitrogen and oxygen atoms in total. The number of carbonyl (C=O) groups excluding carboxylic acids is 3. The Morgan fingerprint density at radius 2 is 1.61 bits per heavy atom. The fraction of sp³-hybridized carbons (Fsp3) is 0.360. The molecule has 0 saturated heterocycles. The average molecular weight is 418 g/mol. The highest BCUT2D eigenvalue weighted by Crippen LogP contribution is 2.27. The second-order valence-corrected chi connectivity index (χ2v) is 7.92. The summed E-state index contributed by atoms with van der Waals surface area (Å²) < 4.78 is 0. The van der Waals surface area contributed by atoms with Gasteiger partial charge in [0.25, 0.3) is 5.91 Å². The van der Waals surface area contributed by atoms with E-state index in [9.17, 15) is 14.4 Å². The summed E-state index contributed by atoms with van der Waals surface area (Å²) in [6, 6.07) is 16.6. The van der Waals surface area contributed by atoms with Crippen molar-refractivity contribution in [1.29, 1.82) is 5.26 Å². The molecule has 31 heavy (non-hydrogen) atoms. The predicted octanol–water partition coefficient (Wildman–Crippen LogP) is 3.63. The van der Waals surface area contributed by atoms with Crippen molar-refractivity contribution in [2.24, 2.45) is 5.92 Å². The molecule has 2 aromatic rings. The van der Waals surface area contributed by atoms with Gasteiger partial charge in [0.15, 0.2) is 5.78 Å². The molecule has 0 bridgehead atoms. The summed E-state index contributed by atoms with van der Waals surface area (Å²) in [5.41, 5.74) is 1.28. The van der Waals surface area contributed by atoms with E-state index in [0.717, 1.165) is 25.7 Å². The van der Waals surface area contributed by atoms with E-state index in [4.69, 9.17) is 5.26 Å². The summed E-state index contributed by atoms with van der Waals surface area (Å²) in [5.74, 6) is -0.550. The molecule has 160 valence electrons. The number of nitrogens with zero attached hydrogens (tertiary/aromatic N) is 1. The number of rotatable bonds is 8. The van der Waals surface area contributed by atoms with Crippen molar-refractivity contribution in [3.63, 3.8) is 0 Å². The van der Waals surface area contributed by atoms with Gasteiger partial charge in [0.1, 0.15) is 12.6 Å². The van der Waals surface area contributed by atoms with E-state index < -0.39 is 11.9 Å². The van der Waals surface area contributed by atoms with Crippen LogP contribution in [0.4, 0.5) is 0 Å². The molecule has 1 aliphatic rings. The SMILES string of the molecule is N#CCNC(=O)[C@H](CC1CCCCC1)NC(=O)c1cccc(C(=O)c2ccccc2)c1. The third-order valence-corrected chi connectivity index (χ3v) is 5.68. The van der Waals surface area contributed by atoms with Gasteiger partial charge < -0.3 is 10.6 Å². The molecule has 2 aromatic carbocycles. The summed E-state index contributed by atoms with van der Waals surface area (Å²) in [6.45, 7) is -0.100. The Bertz CT molecular complexity index is 959. The molecule has 0 aliphatic heterocycles. The minimum Gasteiger partial charge on any atom is -0.341 e. The quantitative estimate of drug-likeness (QED) is 0.506. The predicted molar refractivity (Wildman–Crippen MR) is 117 cm³/mol. The van der Waals surface area contributed by atoms with E-state index in [2.05, 4.69) is 10.6 Å². The van der Waals surface area contributed by atoms with Crippen LogP contribution in [0.2, 0.25) is 0 Å². The van der Waals surface area contributed by atoms with Crippen molar-refractivity contribution in [1.82, 2.24) is 10.6 Å². The van der Waals surface area contributed by atoms with E-state index in [-0.39, 0.29) is 18.2 Å². The first-order chi connectivity index (χ1) is 15.1. The van der Waals surface area contributed by atoms with Crippen LogP contribution in [-0.4, -0.2) is 30.2 Å². The van der Waals surface area contributed by atoms with Crippen LogP contribution in [0.1, 0.15) is 64.8 Å². The van der Waals surface area contributed by atoms with Crippen molar-refractivity contribution in [3.8, 4) is 6.07 Å². The molecule has 0 aromatic heterocycles. The third-order valence-electron chi connectivity index (χ3n) is 5.68. The number of hydrogen-bond donors (Lipinski definition) is 2. The van der Waals surface area contributed by atoms with Gasteiger partial charge in [-0.15, -0.1) is 0 Å². The van der Waals surface area contributed by atoms with Gasteiger partial charge in [-0.25, -0.2) is 0 Å². The van der Waals surface area contributed by atoms with Crippen LogP contribution in [0.15, 0.2) is 54.6 Å². The van der Waals surface area contributed by atoms with Crippen molar-refractivity contribution in [2.45, 2.75) is 44.6 Å². The van der Waals surface area contributed by atoms with E-state index in [1.807, 2.05) is 12.1 Å². The molecule has 1 aliphatic carbocycles. The molecular weight excluding hydrogens is 390 g/mol. The molecule has 3 rings (SSSR count). The molecule has 6 heteroatoms. The molecule has 2 N–H and O–H groups in total. The summed E-state index contributed by atoms with van der Waals surface area (Å²) in [5, 5.41) is 14.2. The van der Waals surface area contributed by atoms with Crippen LogP contribution in [0.5, 0.6) is 0 Å². The van der Waals surface area contributed by atoms with Crippen LogP contribution >= 0.6 is 0 Å². The number of benzene rings is 2. The maximum atomic E-state index is 12.9. The molecular formula is C25H27N3O3. The minimum atomic E-state index is -0.711. The van der Waals surface area contributed by atoms with Gasteiger partial charge in [0, 0.05) is 16.7 Å². The smallest absolute Gasteiger partial charge is 0.251 e. The highest BCUT2D eigenvalue weighted by atomic mass is 16.2. The van der Waals surface area contributed by atoms with Crippen LogP contribution in [0, 0.1) is 17.2 Å². The first-order valence-electron chi connectivity index (χ1n) is 10.7. The van der Waals surface area contributed by atoms with Crippen molar-refractivity contribution < 1.29 is 14.4 Å². The Morgan fingerprint density at radius 3 is 2.32 bits per heavy atom. The minimum absolute atomic E-state index is 0.100. The number of nitriles is 1. The van der Waals surface area contributed by atoms with Crippen molar-refractivity contribution in [2.75, 3.05) is 6.54 Å². The molecule has 0 spiro atoms. The Balaban J connectivity index is 1.73. The van der Waals surface area contributed by atoms with E-state index in [0.29, 0.717) is 29.0 Å². The Labute approximate surface area is 182 Å². The Hall–Kier alpha value is -3.46. The van der Waals surface area contributed by atoms with Gasteiger partial charge in [0.05, 0.1) is 6.07 Å². The van der Waals surface area contributed by atoms with E-state index in [1.165, 1.54) is 6.42 Å². The lowest BCUT2D eigenvalue weighted by molar-refractivity contribution is -0.123. The summed E-state index contributed by atoms with van der Waals surface area (Å²) in [6.07, 6.45) is 6.10. The zero-order valence-electron chi connectivity index (χ0n) is 17.5. The maximum absolute atomic E-state index is 12.9. The highest BCUT2D eigenvalue weighted by molar-refractivity contribution is 6.10. The zero-order chi connectivity index (χ0) is 22.1. The van der Waals surface area contributed by atoms with Gasteiger partial charge in [0.2, 0.25) is 5.91 Å². The molecule has 0 heterocycles. The van der Waals surface area contributed by atoms with E-state index >= 15 is 0 Å². The maximum Gasteiger partial charge on any atom is 0.251 e. The van der Waals surface area contributed by atoms with Gasteiger partial charge in [-0.2, -0.15) is 5.26 Å². The summed E-state index contributed by atoms with van der Waals surface area (Å²) in [4.78, 5) is 38.2. The number of amides is 2. The number of hydrogen-bond acceptors (Lipinski definition) is 4. The fourth-order valence-electron chi connectivity index (χ4n) is 4.04. The second kappa shape index (κ2) is 11.1. The van der Waals surface area contributed by atoms with Crippen molar-refractivity contribution >= 4 is 17.6 Å². The summed E-state index contributed by atoms with van der Waals surface area (Å²) in [7, 11) is 0. The highest BCUT2D eigenvalue weighted by Gasteiger charge is 2.26. The molecule has 1 saturated carbocycles. The molecule has 1 fully saturated rings. The average Bonchev–Trinajstić information content (AvgIpc) is 2.82. The molecule has 2 amide bonds. The Morgan fingerprint density at radius 1 is 0.935 bits per heavy atom. The van der Waals surface area contributed by atoms with Gasteiger partial charge in [-0.05, 0) is 24.5 Å². The largest absolute Gasteiger partial charge is 0.341 e. The van der Waals surface area contributed by atoms with Crippen LogP contribution in [0.25, 0.3) is 0 Å². The zero-order valence-corrected chi connectivity index (χ0v) is 17.5. The van der Waals surface area contributed by atoms with Gasteiger partial charge in [-0.3, -0.25) is 14.4 Å². The normalized spacial score (nSPS) is 14.8. The molecule has 1 atom stereocenters. The fourth-order valence-corrected chi connectivity index (χ4v) is 4.04. The molecule has 0 unspecified atom stereocenters. The number of ketones is 1. The van der Waals surface area contributed by atoms with Crippen LogP contribution in [-0.2, 0) is 4.79 Å². The van der Waals surface area contributed by atoms with Crippen LogP contribution < -0.4 is 10.6 Å². The monoisotopic (exact) mass is 417 g/mol. The number of nitrogens with one attached hydrogen (secondary N) is 2. The first kappa shape index (κ1) is 22.2. The van der Waals surface area contributed by atoms with Crippen LogP contribution in [0.3, 0.4) is 0 Å². The lowest BCUT2D eigenvalue weighted by Crippen LogP contribution is -2.48. The Kier molecular flexibility index (Phi) is 7.94. The topological polar surface area (TPSA) is 99.1 Å². The van der Waals surface area contributed by atoms with Gasteiger partial charge >= 0.3 is 0 Å². The number of carbonyl (C=O) groups is 3. The third kappa shape index (κ3) is 6.26. The lowest BCUT2D eigenvalue weighted by Gasteiger charge is -2.26. The second-order valence-electron chi connectivity index (χ2n) is 7.92. The summed E-state index contributed by atoms with van der Waals surface area (Å²) >= 11 is 0. The van der Waals surface area contributed by atoms with E-state index in [1.54, 1.807) is 48.5 Å². The first-order valence-corrected chi connectivity index (χ1v) is 10.7. The molecule has 0 radical (unpaired) electrons. The van der Waals surface area contributed by atoms with Crippen molar-refractivity contribution in [3.05, 3.63) is 71.3 Å².